The van der Waals surface area contributed by atoms with Crippen molar-refractivity contribution in [2.45, 2.75) is 0 Å². The van der Waals surface area contributed by atoms with Crippen molar-refractivity contribution in [3.8, 4) is 0 Å². The maximum absolute atomic E-state index is 10.9. The highest BCUT2D eigenvalue weighted by Crippen LogP contribution is 2.29. The minimum Gasteiger partial charge on any atom is -0.478 e. The minimum atomic E-state index is -1.78. The topological polar surface area (TPSA) is 149 Å². The minimum absolute atomic E-state index is 0.448. The van der Waals surface area contributed by atoms with E-state index in [4.69, 9.17) is 32.0 Å². The lowest BCUT2D eigenvalue weighted by molar-refractivity contribution is 0.0637. The molecular formula is C10H5ClO8. The van der Waals surface area contributed by atoms with Crippen LogP contribution in [0.5, 0.6) is 0 Å². The van der Waals surface area contributed by atoms with Gasteiger partial charge in [-0.3, -0.25) is 0 Å². The van der Waals surface area contributed by atoms with Crippen LogP contribution in [0.25, 0.3) is 0 Å². The summed E-state index contributed by atoms with van der Waals surface area (Å²) in [5.41, 5.74) is -3.76. The van der Waals surface area contributed by atoms with Gasteiger partial charge in [0.1, 0.15) is 0 Å². The summed E-state index contributed by atoms with van der Waals surface area (Å²) >= 11 is 5.51. The Morgan fingerprint density at radius 2 is 1.05 bits per heavy atom. The summed E-state index contributed by atoms with van der Waals surface area (Å²) in [5.74, 6) is -7.03. The lowest BCUT2D eigenvalue weighted by atomic mass is 9.98. The third-order valence-electron chi connectivity index (χ3n) is 2.15. The van der Waals surface area contributed by atoms with Gasteiger partial charge in [0.25, 0.3) is 0 Å². The zero-order valence-corrected chi connectivity index (χ0v) is 9.63. The van der Waals surface area contributed by atoms with E-state index in [-0.39, 0.29) is 0 Å². The van der Waals surface area contributed by atoms with Crippen LogP contribution >= 0.6 is 11.6 Å². The van der Waals surface area contributed by atoms with Crippen LogP contribution in [0.15, 0.2) is 6.07 Å². The molecule has 0 amide bonds. The van der Waals surface area contributed by atoms with Gasteiger partial charge in [-0.1, -0.05) is 11.6 Å². The summed E-state index contributed by atoms with van der Waals surface area (Å²) < 4.78 is 0. The average molecular weight is 289 g/mol. The van der Waals surface area contributed by atoms with Gasteiger partial charge < -0.3 is 20.4 Å². The molecule has 0 atom stereocenters. The van der Waals surface area contributed by atoms with E-state index >= 15 is 0 Å². The van der Waals surface area contributed by atoms with Crippen LogP contribution in [0, 0.1) is 0 Å². The Morgan fingerprint density at radius 3 is 1.26 bits per heavy atom. The lowest BCUT2D eigenvalue weighted by Gasteiger charge is -2.10. The van der Waals surface area contributed by atoms with Crippen molar-refractivity contribution in [2.24, 2.45) is 0 Å². The van der Waals surface area contributed by atoms with Crippen LogP contribution in [-0.2, 0) is 0 Å². The van der Waals surface area contributed by atoms with Crippen molar-refractivity contribution < 1.29 is 39.6 Å². The van der Waals surface area contributed by atoms with Gasteiger partial charge in [-0.15, -0.1) is 0 Å². The molecule has 1 aromatic carbocycles. The Bertz CT molecular complexity index is 568. The van der Waals surface area contributed by atoms with E-state index in [0.717, 1.165) is 0 Å². The van der Waals surface area contributed by atoms with Crippen molar-refractivity contribution >= 4 is 35.5 Å². The Labute approximate surface area is 109 Å². The van der Waals surface area contributed by atoms with E-state index in [1.165, 1.54) is 0 Å². The van der Waals surface area contributed by atoms with Crippen LogP contribution in [0.4, 0.5) is 0 Å². The highest BCUT2D eigenvalue weighted by Gasteiger charge is 2.30. The smallest absolute Gasteiger partial charge is 0.338 e. The summed E-state index contributed by atoms with van der Waals surface area (Å²) in [4.78, 5) is 43.6. The average Bonchev–Trinajstić information content (AvgIpc) is 2.25. The number of carbonyl (C=O) groups is 4. The van der Waals surface area contributed by atoms with E-state index in [1.54, 1.807) is 0 Å². The molecule has 0 aromatic heterocycles. The van der Waals surface area contributed by atoms with E-state index < -0.39 is 51.2 Å². The molecule has 0 heterocycles. The number of halogens is 1. The van der Waals surface area contributed by atoms with E-state index in [0.29, 0.717) is 6.07 Å². The highest BCUT2D eigenvalue weighted by atomic mass is 35.5. The SMILES string of the molecule is O=C(O)c1cc(C(=O)O)c(C(=O)O)c(Cl)c1C(=O)O. The number of rotatable bonds is 4. The number of carboxylic acid groups (broad SMARTS) is 4. The summed E-state index contributed by atoms with van der Waals surface area (Å²) in [6, 6.07) is 0.448. The Hall–Kier alpha value is -2.61. The van der Waals surface area contributed by atoms with Crippen LogP contribution in [0.3, 0.4) is 0 Å². The normalized spacial score (nSPS) is 9.95. The third-order valence-corrected chi connectivity index (χ3v) is 2.53. The van der Waals surface area contributed by atoms with Crippen molar-refractivity contribution in [3.63, 3.8) is 0 Å². The van der Waals surface area contributed by atoms with Gasteiger partial charge in [-0.25, -0.2) is 19.2 Å². The molecule has 0 fully saturated rings. The second-order valence-electron chi connectivity index (χ2n) is 3.26. The van der Waals surface area contributed by atoms with Crippen molar-refractivity contribution in [3.05, 3.63) is 33.3 Å². The molecule has 0 radical (unpaired) electrons. The predicted octanol–water partition coefficient (Wildman–Crippen LogP) is 1.13. The fraction of sp³-hybridized carbons (Fsp3) is 0. The van der Waals surface area contributed by atoms with Gasteiger partial charge in [0.15, 0.2) is 0 Å². The van der Waals surface area contributed by atoms with E-state index in [2.05, 4.69) is 0 Å². The number of hydrogen-bond donors (Lipinski definition) is 4. The fourth-order valence-corrected chi connectivity index (χ4v) is 1.77. The molecule has 1 rings (SSSR count). The standard InChI is InChI=1S/C10H5ClO8/c11-6-4(9(16)17)2(7(12)13)1-3(8(14)15)5(6)10(18)19/h1H,(H,12,13)(H,14,15)(H,16,17)(H,18,19). The molecule has 9 heteroatoms. The summed E-state index contributed by atoms with van der Waals surface area (Å²) in [7, 11) is 0. The number of aromatic carboxylic acids is 4. The van der Waals surface area contributed by atoms with Gasteiger partial charge >= 0.3 is 23.9 Å². The molecule has 19 heavy (non-hydrogen) atoms. The molecule has 0 aliphatic heterocycles. The Balaban J connectivity index is 3.91. The second-order valence-corrected chi connectivity index (χ2v) is 3.63. The molecule has 8 nitrogen and oxygen atoms in total. The van der Waals surface area contributed by atoms with E-state index in [1.807, 2.05) is 0 Å². The fourth-order valence-electron chi connectivity index (χ4n) is 1.41. The number of hydrogen-bond acceptors (Lipinski definition) is 4. The van der Waals surface area contributed by atoms with Crippen LogP contribution in [0.2, 0.25) is 5.02 Å². The van der Waals surface area contributed by atoms with Gasteiger partial charge in [0.05, 0.1) is 27.3 Å². The molecule has 100 valence electrons. The quantitative estimate of drug-likeness (QED) is 0.644. The molecule has 0 saturated heterocycles. The second kappa shape index (κ2) is 4.94. The van der Waals surface area contributed by atoms with Crippen molar-refractivity contribution in [1.82, 2.24) is 0 Å². The van der Waals surface area contributed by atoms with Crippen LogP contribution in [0.1, 0.15) is 41.4 Å². The first kappa shape index (κ1) is 14.5. The van der Waals surface area contributed by atoms with E-state index in [9.17, 15) is 19.2 Å². The first-order valence-corrected chi connectivity index (χ1v) is 4.86. The maximum Gasteiger partial charge on any atom is 0.338 e. The van der Waals surface area contributed by atoms with Gasteiger partial charge in [0.2, 0.25) is 0 Å². The molecule has 1 aromatic rings. The first-order chi connectivity index (χ1) is 8.68. The van der Waals surface area contributed by atoms with Crippen LogP contribution in [-0.4, -0.2) is 44.3 Å². The Kier molecular flexibility index (Phi) is 3.76. The molecule has 0 aliphatic carbocycles. The largest absolute Gasteiger partial charge is 0.478 e. The number of carboxylic acids is 4. The lowest BCUT2D eigenvalue weighted by Crippen LogP contribution is -2.17. The maximum atomic E-state index is 10.9. The van der Waals surface area contributed by atoms with Gasteiger partial charge in [-0.05, 0) is 6.07 Å². The molecule has 0 saturated carbocycles. The Morgan fingerprint density at radius 1 is 0.737 bits per heavy atom. The van der Waals surface area contributed by atoms with Crippen molar-refractivity contribution in [2.75, 3.05) is 0 Å². The zero-order chi connectivity index (χ0) is 14.9. The summed E-state index contributed by atoms with van der Waals surface area (Å²) in [5, 5.41) is 34.4. The van der Waals surface area contributed by atoms with Crippen molar-refractivity contribution in [1.29, 1.82) is 0 Å². The predicted molar refractivity (Wildman–Crippen MR) is 59.3 cm³/mol. The summed E-state index contributed by atoms with van der Waals surface area (Å²) in [6.45, 7) is 0. The highest BCUT2D eigenvalue weighted by molar-refractivity contribution is 6.38. The molecule has 0 spiro atoms. The first-order valence-electron chi connectivity index (χ1n) is 4.48. The molecule has 4 N–H and O–H groups in total. The number of benzene rings is 1. The summed E-state index contributed by atoms with van der Waals surface area (Å²) in [6.07, 6.45) is 0. The molecule has 0 bridgehead atoms. The van der Waals surface area contributed by atoms with Gasteiger partial charge in [0, 0.05) is 0 Å². The monoisotopic (exact) mass is 288 g/mol. The third kappa shape index (κ3) is 2.47. The molecule has 0 unspecified atom stereocenters. The molecular weight excluding hydrogens is 284 g/mol. The van der Waals surface area contributed by atoms with Gasteiger partial charge in [-0.2, -0.15) is 0 Å². The zero-order valence-electron chi connectivity index (χ0n) is 8.88. The van der Waals surface area contributed by atoms with Crippen LogP contribution < -0.4 is 0 Å². The molecule has 0 aliphatic rings.